The van der Waals surface area contributed by atoms with Gasteiger partial charge in [-0.15, -0.1) is 0 Å². The van der Waals surface area contributed by atoms with Crippen molar-refractivity contribution in [3.05, 3.63) is 0 Å². The van der Waals surface area contributed by atoms with E-state index in [0.717, 1.165) is 0 Å². The van der Waals surface area contributed by atoms with Crippen LogP contribution in [0.4, 0.5) is 0 Å². The standard InChI is InChI=1S/C6H18O24P6/c7-1-2(8)6(26-34(19,20)30-36(23,24)28-32(14,15)16)4(10)3(9)5(1)25-33(17,18)29-35(21,22)27-31(11,12)13/h1-10H,(H,17,18)(H,19,20)(H,21,22)(H,23,24)(H2,11,12,13)(H2,14,15,16). The van der Waals surface area contributed by atoms with Crippen molar-refractivity contribution in [2.75, 3.05) is 0 Å². The highest BCUT2D eigenvalue weighted by molar-refractivity contribution is 7.67. The van der Waals surface area contributed by atoms with E-state index in [1.54, 1.807) is 0 Å². The third kappa shape index (κ3) is 11.4. The molecule has 0 aromatic carbocycles. The number of aliphatic hydroxyl groups excluding tert-OH is 4. The van der Waals surface area contributed by atoms with Gasteiger partial charge in [0.05, 0.1) is 0 Å². The van der Waals surface area contributed by atoms with Gasteiger partial charge in [-0.3, -0.25) is 9.05 Å². The van der Waals surface area contributed by atoms with Crippen LogP contribution >= 0.6 is 46.9 Å². The molecule has 8 unspecified atom stereocenters. The molecule has 30 heteroatoms. The normalized spacial score (nSPS) is 34.7. The average Bonchev–Trinajstić information content (AvgIpc) is 2.54. The third-order valence-corrected chi connectivity index (χ3v) is 11.1. The topological polar surface area (TPSA) is 401 Å². The Morgan fingerprint density at radius 3 is 0.806 bits per heavy atom. The second-order valence-corrected chi connectivity index (χ2v) is 15.0. The van der Waals surface area contributed by atoms with Crippen LogP contribution in [0.2, 0.25) is 0 Å². The lowest BCUT2D eigenvalue weighted by Gasteiger charge is -2.43. The zero-order chi connectivity index (χ0) is 28.7. The lowest BCUT2D eigenvalue weighted by atomic mass is 9.85. The monoisotopic (exact) mass is 660 g/mol. The molecule has 216 valence electrons. The quantitative estimate of drug-likeness (QED) is 0.0920. The fourth-order valence-corrected chi connectivity index (χ4v) is 8.77. The Kier molecular flexibility index (Phi) is 11.2. The van der Waals surface area contributed by atoms with Gasteiger partial charge in [-0.25, -0.2) is 27.4 Å². The molecule has 0 aromatic rings. The maximum absolute atomic E-state index is 11.9. The molecule has 36 heavy (non-hydrogen) atoms. The third-order valence-electron chi connectivity index (χ3n) is 3.39. The molecule has 0 radical (unpaired) electrons. The SMILES string of the molecule is O=P(O)(O)OP(=O)(O)OP(=O)(O)OC1C(O)C(O)C(OP(=O)(O)OP(=O)(O)OP(=O)(O)O)C(O)C1O. The molecule has 1 saturated carbocycles. The largest absolute Gasteiger partial charge is 0.490 e. The fraction of sp³-hybridized carbons (Fsp3) is 1.00. The van der Waals surface area contributed by atoms with Gasteiger partial charge in [0.1, 0.15) is 36.6 Å². The van der Waals surface area contributed by atoms with Gasteiger partial charge in [-0.1, -0.05) is 0 Å². The summed E-state index contributed by atoms with van der Waals surface area (Å²) in [5, 5.41) is 39.9. The fourth-order valence-electron chi connectivity index (χ4n) is 2.34. The number of rotatable bonds is 12. The van der Waals surface area contributed by atoms with Gasteiger partial charge >= 0.3 is 46.9 Å². The molecule has 0 bridgehead atoms. The molecule has 0 aliphatic heterocycles. The van der Waals surface area contributed by atoms with Crippen LogP contribution in [0, 0.1) is 0 Å². The molecule has 0 heterocycles. The van der Waals surface area contributed by atoms with E-state index < -0.39 is 83.6 Å². The molecular formula is C6H18O24P6. The highest BCUT2D eigenvalue weighted by Crippen LogP contribution is 2.68. The van der Waals surface area contributed by atoms with Crippen molar-refractivity contribution in [3.8, 4) is 0 Å². The molecule has 0 aromatic heterocycles. The Morgan fingerprint density at radius 1 is 0.389 bits per heavy atom. The molecule has 12 N–H and O–H groups in total. The Morgan fingerprint density at radius 2 is 0.611 bits per heavy atom. The van der Waals surface area contributed by atoms with Crippen LogP contribution in [0.1, 0.15) is 0 Å². The molecule has 1 rings (SSSR count). The molecule has 1 fully saturated rings. The first-order valence-electron chi connectivity index (χ1n) is 8.03. The van der Waals surface area contributed by atoms with E-state index in [1.807, 2.05) is 0 Å². The van der Waals surface area contributed by atoms with Crippen LogP contribution in [0.5, 0.6) is 0 Å². The summed E-state index contributed by atoms with van der Waals surface area (Å²) < 4.78 is 89.2. The van der Waals surface area contributed by atoms with Crippen molar-refractivity contribution < 1.29 is 113 Å². The van der Waals surface area contributed by atoms with Gasteiger partial charge < -0.3 is 59.6 Å². The summed E-state index contributed by atoms with van der Waals surface area (Å²) in [6.07, 6.45) is -16.4. The van der Waals surface area contributed by atoms with Crippen molar-refractivity contribution >= 4 is 46.9 Å². The number of phosphoric ester groups is 2. The summed E-state index contributed by atoms with van der Waals surface area (Å²) in [6.45, 7) is 0. The van der Waals surface area contributed by atoms with E-state index in [0.29, 0.717) is 0 Å². The van der Waals surface area contributed by atoms with Crippen LogP contribution in [-0.4, -0.2) is 96.2 Å². The molecule has 0 saturated heterocycles. The minimum atomic E-state index is -6.07. The first-order chi connectivity index (χ1) is 15.7. The summed E-state index contributed by atoms with van der Waals surface area (Å²) in [6, 6.07) is 0. The number of hydrogen-bond acceptors (Lipinski definition) is 16. The zero-order valence-corrected chi connectivity index (χ0v) is 21.8. The lowest BCUT2D eigenvalue weighted by Crippen LogP contribution is -2.64. The van der Waals surface area contributed by atoms with Crippen LogP contribution < -0.4 is 0 Å². The van der Waals surface area contributed by atoms with Crippen molar-refractivity contribution in [2.45, 2.75) is 36.6 Å². The van der Waals surface area contributed by atoms with E-state index in [-0.39, 0.29) is 0 Å². The van der Waals surface area contributed by atoms with Crippen LogP contribution in [-0.2, 0) is 53.7 Å². The van der Waals surface area contributed by atoms with Gasteiger partial charge in [-0.05, 0) is 0 Å². The summed E-state index contributed by atoms with van der Waals surface area (Å²) in [5.74, 6) is 0. The van der Waals surface area contributed by atoms with Crippen LogP contribution in [0.25, 0.3) is 0 Å². The predicted octanol–water partition coefficient (Wildman–Crippen LogP) is -3.13. The Bertz CT molecular complexity index is 971. The van der Waals surface area contributed by atoms with Crippen LogP contribution in [0.3, 0.4) is 0 Å². The summed E-state index contributed by atoms with van der Waals surface area (Å²) in [7, 11) is -35.8. The minimum absolute atomic E-state index is 2.69. The second-order valence-electron chi connectivity index (χ2n) is 6.28. The van der Waals surface area contributed by atoms with E-state index in [9.17, 15) is 57.6 Å². The summed E-state index contributed by atoms with van der Waals surface area (Å²) in [5.41, 5.74) is 0. The van der Waals surface area contributed by atoms with Gasteiger partial charge in [0, 0.05) is 0 Å². The summed E-state index contributed by atoms with van der Waals surface area (Å²) >= 11 is 0. The lowest BCUT2D eigenvalue weighted by molar-refractivity contribution is -0.215. The van der Waals surface area contributed by atoms with Crippen molar-refractivity contribution in [2.24, 2.45) is 0 Å². The zero-order valence-electron chi connectivity index (χ0n) is 16.4. The van der Waals surface area contributed by atoms with Crippen molar-refractivity contribution in [1.29, 1.82) is 0 Å². The highest BCUT2D eigenvalue weighted by Gasteiger charge is 2.56. The average molecular weight is 660 g/mol. The van der Waals surface area contributed by atoms with Gasteiger partial charge in [0.2, 0.25) is 0 Å². The van der Waals surface area contributed by atoms with Gasteiger partial charge in [0.15, 0.2) is 0 Å². The number of aliphatic hydroxyl groups is 4. The Balaban J connectivity index is 3.04. The Hall–Kier alpha value is 0.660. The minimum Gasteiger partial charge on any atom is -0.387 e. The van der Waals surface area contributed by atoms with Gasteiger partial charge in [0.25, 0.3) is 0 Å². The molecule has 0 spiro atoms. The molecule has 1 aliphatic carbocycles. The number of hydrogen-bond donors (Lipinski definition) is 12. The van der Waals surface area contributed by atoms with Crippen LogP contribution in [0.15, 0.2) is 0 Å². The van der Waals surface area contributed by atoms with Crippen molar-refractivity contribution in [1.82, 2.24) is 0 Å². The van der Waals surface area contributed by atoms with E-state index >= 15 is 0 Å². The first kappa shape index (κ1) is 34.7. The maximum atomic E-state index is 11.9. The second kappa shape index (κ2) is 11.6. The smallest absolute Gasteiger partial charge is 0.387 e. The maximum Gasteiger partial charge on any atom is 0.490 e. The molecular weight excluding hydrogens is 642 g/mol. The predicted molar refractivity (Wildman–Crippen MR) is 102 cm³/mol. The Labute approximate surface area is 197 Å². The molecule has 8 atom stereocenters. The highest BCUT2D eigenvalue weighted by atomic mass is 31.3. The molecule has 1 aliphatic rings. The molecule has 0 amide bonds. The van der Waals surface area contributed by atoms with E-state index in [4.69, 9.17) is 29.4 Å². The first-order valence-corrected chi connectivity index (χ1v) is 17.1. The molecule has 24 nitrogen and oxygen atoms in total. The summed E-state index contributed by atoms with van der Waals surface area (Å²) in [4.78, 5) is 70.9. The van der Waals surface area contributed by atoms with Gasteiger partial charge in [-0.2, -0.15) is 17.2 Å². The number of phosphoric acid groups is 6. The van der Waals surface area contributed by atoms with E-state index in [2.05, 4.69) is 26.3 Å². The van der Waals surface area contributed by atoms with E-state index in [1.165, 1.54) is 0 Å². The van der Waals surface area contributed by atoms with Crippen molar-refractivity contribution in [3.63, 3.8) is 0 Å².